The molecule has 1 aliphatic heterocycles. The Balaban J connectivity index is 1.73. The van der Waals surface area contributed by atoms with Crippen LogP contribution in [0.5, 0.6) is 5.75 Å². The molecule has 0 radical (unpaired) electrons. The normalized spacial score (nSPS) is 15.7. The van der Waals surface area contributed by atoms with Crippen molar-refractivity contribution in [3.8, 4) is 5.75 Å². The van der Waals surface area contributed by atoms with Gasteiger partial charge in [-0.1, -0.05) is 25.0 Å². The number of amides is 2. The fourth-order valence-electron chi connectivity index (χ4n) is 2.30. The fraction of sp³-hybridized carbons (Fsp3) is 0.412. The summed E-state index contributed by atoms with van der Waals surface area (Å²) in [6.07, 6.45) is 5.72. The highest BCUT2D eigenvalue weighted by molar-refractivity contribution is 8.78. The highest BCUT2D eigenvalue weighted by atomic mass is 33.1. The number of benzene rings is 1. The first kappa shape index (κ1) is 19.7. The van der Waals surface area contributed by atoms with Gasteiger partial charge in [-0.3, -0.25) is 19.1 Å². The SMILES string of the molecule is COc1ccc(/C=C2\SSN(CCCCCCC(=O)NO)C2=O)cc1. The van der Waals surface area contributed by atoms with E-state index < -0.39 is 0 Å². The van der Waals surface area contributed by atoms with Gasteiger partial charge < -0.3 is 4.74 Å². The quantitative estimate of drug-likeness (QED) is 0.170. The number of ether oxygens (including phenoxy) is 1. The second kappa shape index (κ2) is 10.4. The number of nitrogens with one attached hydrogen (secondary N) is 1. The third-order valence-electron chi connectivity index (χ3n) is 3.71. The molecule has 2 N–H and O–H groups in total. The van der Waals surface area contributed by atoms with Crippen molar-refractivity contribution >= 4 is 39.7 Å². The molecule has 2 amide bonds. The Morgan fingerprint density at radius 3 is 2.64 bits per heavy atom. The first-order chi connectivity index (χ1) is 12.1. The van der Waals surface area contributed by atoms with Crippen molar-refractivity contribution in [1.82, 2.24) is 9.79 Å². The van der Waals surface area contributed by atoms with E-state index in [2.05, 4.69) is 0 Å². The first-order valence-electron chi connectivity index (χ1n) is 8.09. The molecule has 8 heteroatoms. The van der Waals surface area contributed by atoms with Crippen LogP contribution >= 0.6 is 21.8 Å². The van der Waals surface area contributed by atoms with Crippen LogP contribution in [0, 0.1) is 0 Å². The molecular weight excluding hydrogens is 360 g/mol. The molecule has 1 fully saturated rings. The second-order valence-corrected chi connectivity index (χ2v) is 7.69. The molecule has 6 nitrogen and oxygen atoms in total. The number of hydrogen-bond acceptors (Lipinski definition) is 6. The summed E-state index contributed by atoms with van der Waals surface area (Å²) in [6.45, 7) is 0.697. The summed E-state index contributed by atoms with van der Waals surface area (Å²) >= 11 is 0. The molecule has 0 aliphatic carbocycles. The number of unbranched alkanes of at least 4 members (excludes halogenated alkanes) is 3. The van der Waals surface area contributed by atoms with E-state index in [1.165, 1.54) is 21.8 Å². The van der Waals surface area contributed by atoms with Crippen molar-refractivity contribution in [3.05, 3.63) is 34.7 Å². The molecule has 1 aromatic rings. The van der Waals surface area contributed by atoms with Crippen molar-refractivity contribution in [1.29, 1.82) is 0 Å². The standard InChI is InChI=1S/C17H22N2O4S2/c1-23-14-9-7-13(8-10-14)12-15-17(21)19(25-24-15)11-5-3-2-4-6-16(20)18-22/h7-10,12,22H,2-6,11H2,1H3,(H,18,20)/b15-12-. The van der Waals surface area contributed by atoms with Crippen molar-refractivity contribution < 1.29 is 19.5 Å². The third-order valence-corrected chi connectivity index (χ3v) is 6.08. The zero-order chi connectivity index (χ0) is 18.1. The van der Waals surface area contributed by atoms with Crippen molar-refractivity contribution in [2.75, 3.05) is 13.7 Å². The van der Waals surface area contributed by atoms with E-state index in [9.17, 15) is 9.59 Å². The minimum atomic E-state index is -0.352. The average molecular weight is 383 g/mol. The average Bonchev–Trinajstić information content (AvgIpc) is 2.98. The monoisotopic (exact) mass is 382 g/mol. The predicted molar refractivity (Wildman–Crippen MR) is 101 cm³/mol. The Bertz CT molecular complexity index is 620. The maximum Gasteiger partial charge on any atom is 0.271 e. The van der Waals surface area contributed by atoms with Crippen LogP contribution in [0.25, 0.3) is 6.08 Å². The van der Waals surface area contributed by atoms with Gasteiger partial charge in [0.15, 0.2) is 0 Å². The summed E-state index contributed by atoms with van der Waals surface area (Å²) in [5, 5.41) is 8.41. The van der Waals surface area contributed by atoms with Gasteiger partial charge in [0.1, 0.15) is 5.75 Å². The molecule has 136 valence electrons. The minimum Gasteiger partial charge on any atom is -0.497 e. The molecule has 0 spiro atoms. The van der Waals surface area contributed by atoms with Crippen LogP contribution in [-0.4, -0.2) is 35.0 Å². The molecule has 0 unspecified atom stereocenters. The lowest BCUT2D eigenvalue weighted by atomic mass is 10.1. The van der Waals surface area contributed by atoms with Gasteiger partial charge in [-0.15, -0.1) is 0 Å². The second-order valence-electron chi connectivity index (χ2n) is 5.55. The van der Waals surface area contributed by atoms with E-state index in [1.807, 2.05) is 30.3 Å². The van der Waals surface area contributed by atoms with E-state index in [1.54, 1.807) is 16.9 Å². The molecular formula is C17H22N2O4S2. The maximum absolute atomic E-state index is 12.4. The lowest BCUT2D eigenvalue weighted by Crippen LogP contribution is -2.20. The lowest BCUT2D eigenvalue weighted by Gasteiger charge is -2.11. The van der Waals surface area contributed by atoms with Gasteiger partial charge >= 0.3 is 0 Å². The zero-order valence-electron chi connectivity index (χ0n) is 14.1. The van der Waals surface area contributed by atoms with Crippen LogP contribution in [0.2, 0.25) is 0 Å². The minimum absolute atomic E-state index is 0.0467. The molecule has 1 saturated heterocycles. The molecule has 0 bridgehead atoms. The highest BCUT2D eigenvalue weighted by Gasteiger charge is 2.27. The molecule has 1 aromatic carbocycles. The molecule has 1 aliphatic rings. The van der Waals surface area contributed by atoms with Crippen LogP contribution in [0.4, 0.5) is 0 Å². The smallest absolute Gasteiger partial charge is 0.271 e. The topological polar surface area (TPSA) is 78.9 Å². The number of nitrogens with zero attached hydrogens (tertiary/aromatic N) is 1. The van der Waals surface area contributed by atoms with Crippen LogP contribution in [-0.2, 0) is 9.59 Å². The third kappa shape index (κ3) is 6.30. The van der Waals surface area contributed by atoms with Crippen LogP contribution in [0.3, 0.4) is 0 Å². The summed E-state index contributed by atoms with van der Waals surface area (Å²) in [6, 6.07) is 7.60. The Morgan fingerprint density at radius 2 is 1.96 bits per heavy atom. The summed E-state index contributed by atoms with van der Waals surface area (Å²) in [4.78, 5) is 24.0. The van der Waals surface area contributed by atoms with Crippen molar-refractivity contribution in [2.45, 2.75) is 32.1 Å². The Morgan fingerprint density at radius 1 is 1.24 bits per heavy atom. The summed E-state index contributed by atoms with van der Waals surface area (Å²) in [5.74, 6) is 0.487. The molecule has 1 heterocycles. The lowest BCUT2D eigenvalue weighted by molar-refractivity contribution is -0.129. The number of rotatable bonds is 9. The molecule has 0 atom stereocenters. The van der Waals surface area contributed by atoms with Crippen molar-refractivity contribution in [3.63, 3.8) is 0 Å². The van der Waals surface area contributed by atoms with Crippen LogP contribution in [0.1, 0.15) is 37.7 Å². The summed E-state index contributed by atoms with van der Waals surface area (Å²) in [5.41, 5.74) is 2.60. The van der Waals surface area contributed by atoms with Gasteiger partial charge in [0, 0.05) is 23.9 Å². The molecule has 25 heavy (non-hydrogen) atoms. The number of methoxy groups -OCH3 is 1. The van der Waals surface area contributed by atoms with Gasteiger partial charge in [-0.05, 0) is 47.4 Å². The fourth-order valence-corrected chi connectivity index (χ4v) is 4.56. The van der Waals surface area contributed by atoms with Gasteiger partial charge in [-0.25, -0.2) is 5.48 Å². The number of carbonyl (C=O) groups excluding carboxylic acids is 2. The molecule has 2 rings (SSSR count). The number of hydrogen-bond donors (Lipinski definition) is 2. The van der Waals surface area contributed by atoms with E-state index >= 15 is 0 Å². The maximum atomic E-state index is 12.4. The first-order valence-corrected chi connectivity index (χ1v) is 10.2. The highest BCUT2D eigenvalue weighted by Crippen LogP contribution is 2.43. The van der Waals surface area contributed by atoms with E-state index in [0.29, 0.717) is 13.0 Å². The number of hydroxylamine groups is 1. The van der Waals surface area contributed by atoms with Gasteiger partial charge in [0.2, 0.25) is 5.91 Å². The van der Waals surface area contributed by atoms with Crippen LogP contribution < -0.4 is 10.2 Å². The van der Waals surface area contributed by atoms with Gasteiger partial charge in [-0.2, -0.15) is 0 Å². The van der Waals surface area contributed by atoms with Crippen LogP contribution in [0.15, 0.2) is 29.2 Å². The predicted octanol–water partition coefficient (Wildman–Crippen LogP) is 3.63. The summed E-state index contributed by atoms with van der Waals surface area (Å²) < 4.78 is 6.91. The Hall–Kier alpha value is -1.64. The number of carbonyl (C=O) groups is 2. The van der Waals surface area contributed by atoms with E-state index in [-0.39, 0.29) is 11.8 Å². The summed E-state index contributed by atoms with van der Waals surface area (Å²) in [7, 11) is 4.57. The van der Waals surface area contributed by atoms with Gasteiger partial charge in [0.25, 0.3) is 5.91 Å². The van der Waals surface area contributed by atoms with Gasteiger partial charge in [0.05, 0.1) is 12.0 Å². The molecule has 0 aromatic heterocycles. The molecule has 0 saturated carbocycles. The van der Waals surface area contributed by atoms with E-state index in [0.717, 1.165) is 41.9 Å². The Labute approximate surface area is 155 Å². The van der Waals surface area contributed by atoms with E-state index in [4.69, 9.17) is 9.94 Å². The zero-order valence-corrected chi connectivity index (χ0v) is 15.7. The van der Waals surface area contributed by atoms with Crippen molar-refractivity contribution in [2.24, 2.45) is 0 Å². The Kier molecular flexibility index (Phi) is 8.17. The largest absolute Gasteiger partial charge is 0.497 e.